The van der Waals surface area contributed by atoms with Crippen LogP contribution in [0.5, 0.6) is 0 Å². The van der Waals surface area contributed by atoms with Crippen molar-refractivity contribution in [2.24, 2.45) is 4.99 Å². The van der Waals surface area contributed by atoms with Gasteiger partial charge >= 0.3 is 6.09 Å². The van der Waals surface area contributed by atoms with Crippen LogP contribution in [-0.2, 0) is 27.7 Å². The Morgan fingerprint density at radius 1 is 0.967 bits per heavy atom. The lowest BCUT2D eigenvalue weighted by Gasteiger charge is -2.35. The van der Waals surface area contributed by atoms with E-state index in [1.54, 1.807) is 0 Å². The summed E-state index contributed by atoms with van der Waals surface area (Å²) in [5, 5.41) is 22.7. The second-order valence-electron chi connectivity index (χ2n) is 7.08. The Bertz CT molecular complexity index is 802. The number of rotatable bonds is 8. The van der Waals surface area contributed by atoms with Gasteiger partial charge in [-0.25, -0.2) is 9.79 Å². The summed E-state index contributed by atoms with van der Waals surface area (Å²) in [6.45, 7) is 0.390. The van der Waals surface area contributed by atoms with E-state index in [4.69, 9.17) is 14.5 Å². The molecule has 3 N–H and O–H groups in total. The van der Waals surface area contributed by atoms with Gasteiger partial charge in [0.2, 0.25) is 6.40 Å². The van der Waals surface area contributed by atoms with Crippen molar-refractivity contribution in [3.8, 4) is 0 Å². The Kier molecular flexibility index (Phi) is 8.20. The number of carbonyl (C=O) groups excluding carboxylic acids is 1. The van der Waals surface area contributed by atoms with Crippen LogP contribution in [0.4, 0.5) is 4.79 Å². The molecule has 8 nitrogen and oxygen atoms in total. The van der Waals surface area contributed by atoms with Gasteiger partial charge in [0.15, 0.2) is 0 Å². The highest BCUT2D eigenvalue weighted by atomic mass is 17.2. The van der Waals surface area contributed by atoms with Gasteiger partial charge in [-0.2, -0.15) is 4.89 Å². The molecule has 4 atom stereocenters. The number of hydrogen-bond acceptors (Lipinski definition) is 7. The van der Waals surface area contributed by atoms with Gasteiger partial charge in [0.05, 0.1) is 24.3 Å². The molecule has 30 heavy (non-hydrogen) atoms. The van der Waals surface area contributed by atoms with Crippen LogP contribution in [0.15, 0.2) is 65.7 Å². The normalized spacial score (nSPS) is 23.8. The monoisotopic (exact) mass is 414 g/mol. The minimum absolute atomic E-state index is 0.134. The van der Waals surface area contributed by atoms with E-state index in [-0.39, 0.29) is 26.1 Å². The summed E-state index contributed by atoms with van der Waals surface area (Å²) in [5.74, 6) is 0. The molecule has 2 aromatic rings. The number of nitrogens with zero attached hydrogens (tertiary/aromatic N) is 1. The van der Waals surface area contributed by atoms with Crippen molar-refractivity contribution in [3.05, 3.63) is 71.8 Å². The minimum atomic E-state index is -0.953. The second-order valence-corrected chi connectivity index (χ2v) is 7.08. The number of aliphatic imine (C=N–C) groups is 1. The zero-order valence-corrected chi connectivity index (χ0v) is 16.5. The third kappa shape index (κ3) is 6.84. The average molecular weight is 414 g/mol. The molecule has 160 valence electrons. The molecule has 2 aromatic carbocycles. The fraction of sp³-hybridized carbons (Fsp3) is 0.364. The largest absolute Gasteiger partial charge is 0.445 e. The van der Waals surface area contributed by atoms with E-state index in [1.807, 2.05) is 60.7 Å². The molecule has 1 fully saturated rings. The van der Waals surface area contributed by atoms with E-state index in [2.05, 4.69) is 10.3 Å². The first-order chi connectivity index (χ1) is 14.6. The fourth-order valence-electron chi connectivity index (χ4n) is 3.19. The number of nitrogens with one attached hydrogen (secondary N) is 1. The van der Waals surface area contributed by atoms with E-state index in [0.29, 0.717) is 0 Å². The standard InChI is InChI=1S/C22H26N2O6/c25-20-11-18(23-15-30-29-14-17-9-5-2-6-10-17)19(12-21(20)26)24-22(27)28-13-16-7-3-1-4-8-16/h1-10,15,18-21,25-26H,11-14H2,(H,24,27)/b23-15-/t18-,19+,20?,21?/m1/s1. The van der Waals surface area contributed by atoms with Crippen molar-refractivity contribution in [3.63, 3.8) is 0 Å². The van der Waals surface area contributed by atoms with E-state index < -0.39 is 30.4 Å². The van der Waals surface area contributed by atoms with Crippen LogP contribution in [0.2, 0.25) is 0 Å². The van der Waals surface area contributed by atoms with Crippen molar-refractivity contribution in [1.82, 2.24) is 5.32 Å². The van der Waals surface area contributed by atoms with E-state index in [1.165, 1.54) is 0 Å². The molecule has 2 unspecified atom stereocenters. The van der Waals surface area contributed by atoms with E-state index in [0.717, 1.165) is 17.5 Å². The maximum Gasteiger partial charge on any atom is 0.407 e. The summed E-state index contributed by atoms with van der Waals surface area (Å²) in [6.07, 6.45) is -1.05. The number of benzene rings is 2. The molecule has 0 heterocycles. The summed E-state index contributed by atoms with van der Waals surface area (Å²) in [6, 6.07) is 17.8. The lowest BCUT2D eigenvalue weighted by Crippen LogP contribution is -2.52. The molecule has 1 aliphatic carbocycles. The van der Waals surface area contributed by atoms with E-state index >= 15 is 0 Å². The lowest BCUT2D eigenvalue weighted by molar-refractivity contribution is -0.227. The maximum atomic E-state index is 12.2. The van der Waals surface area contributed by atoms with Crippen molar-refractivity contribution in [2.75, 3.05) is 0 Å². The number of carbonyl (C=O) groups is 1. The van der Waals surface area contributed by atoms with Gasteiger partial charge in [0, 0.05) is 6.42 Å². The van der Waals surface area contributed by atoms with Crippen molar-refractivity contribution >= 4 is 12.5 Å². The summed E-state index contributed by atoms with van der Waals surface area (Å²) >= 11 is 0. The molecule has 0 spiro atoms. The Labute approximate surface area is 175 Å². The molecule has 0 bridgehead atoms. The van der Waals surface area contributed by atoms with Gasteiger partial charge in [-0.15, -0.1) is 0 Å². The summed E-state index contributed by atoms with van der Waals surface area (Å²) in [5.41, 5.74) is 1.81. The lowest BCUT2D eigenvalue weighted by atomic mass is 9.86. The number of ether oxygens (including phenoxy) is 1. The number of aliphatic hydroxyl groups excluding tert-OH is 2. The molecular weight excluding hydrogens is 388 g/mol. The van der Waals surface area contributed by atoms with Gasteiger partial charge in [-0.3, -0.25) is 0 Å². The van der Waals surface area contributed by atoms with Crippen molar-refractivity contribution < 1.29 is 29.5 Å². The molecule has 0 saturated heterocycles. The molecule has 1 saturated carbocycles. The van der Waals surface area contributed by atoms with Gasteiger partial charge in [0.1, 0.15) is 13.2 Å². The SMILES string of the molecule is O=C(N[C@H]1CC(O)C(O)C[C@H]1/N=C\OOCc1ccccc1)OCc1ccccc1. The Hall–Kier alpha value is -2.94. The van der Waals surface area contributed by atoms with Crippen molar-refractivity contribution in [2.45, 2.75) is 50.3 Å². The Morgan fingerprint density at radius 3 is 2.23 bits per heavy atom. The Morgan fingerprint density at radius 2 is 1.57 bits per heavy atom. The third-order valence-electron chi connectivity index (χ3n) is 4.83. The molecule has 0 aliphatic heterocycles. The topological polar surface area (TPSA) is 110 Å². The molecular formula is C22H26N2O6. The molecule has 1 amide bonds. The fourth-order valence-corrected chi connectivity index (χ4v) is 3.19. The summed E-state index contributed by atoms with van der Waals surface area (Å²) in [4.78, 5) is 26.5. The van der Waals surface area contributed by atoms with E-state index in [9.17, 15) is 15.0 Å². The summed E-state index contributed by atoms with van der Waals surface area (Å²) in [7, 11) is 0. The first kappa shape index (κ1) is 21.8. The number of amides is 1. The zero-order valence-electron chi connectivity index (χ0n) is 16.5. The van der Waals surface area contributed by atoms with Crippen LogP contribution in [-0.4, -0.2) is 47.0 Å². The van der Waals surface area contributed by atoms with Gasteiger partial charge < -0.3 is 25.2 Å². The quantitative estimate of drug-likeness (QED) is 0.201. The molecule has 8 heteroatoms. The number of alkyl carbamates (subject to hydrolysis) is 1. The minimum Gasteiger partial charge on any atom is -0.445 e. The Balaban J connectivity index is 1.48. The smallest absolute Gasteiger partial charge is 0.407 e. The highest BCUT2D eigenvalue weighted by molar-refractivity contribution is 5.67. The number of aliphatic hydroxyl groups is 2. The first-order valence-electron chi connectivity index (χ1n) is 9.79. The first-order valence-corrected chi connectivity index (χ1v) is 9.79. The van der Waals surface area contributed by atoms with Gasteiger partial charge in [-0.1, -0.05) is 60.7 Å². The molecule has 0 radical (unpaired) electrons. The highest BCUT2D eigenvalue weighted by Gasteiger charge is 2.36. The van der Waals surface area contributed by atoms with Gasteiger partial charge in [-0.05, 0) is 17.5 Å². The zero-order chi connectivity index (χ0) is 21.2. The maximum absolute atomic E-state index is 12.2. The van der Waals surface area contributed by atoms with Crippen LogP contribution in [0.3, 0.4) is 0 Å². The van der Waals surface area contributed by atoms with Crippen LogP contribution >= 0.6 is 0 Å². The van der Waals surface area contributed by atoms with Crippen LogP contribution in [0, 0.1) is 0 Å². The van der Waals surface area contributed by atoms with Crippen LogP contribution in [0.1, 0.15) is 24.0 Å². The molecule has 3 rings (SSSR count). The molecule has 1 aliphatic rings. The van der Waals surface area contributed by atoms with Crippen LogP contribution in [0.25, 0.3) is 0 Å². The predicted octanol–water partition coefficient (Wildman–Crippen LogP) is 2.34. The molecule has 0 aromatic heterocycles. The predicted molar refractivity (Wildman–Crippen MR) is 109 cm³/mol. The average Bonchev–Trinajstić information content (AvgIpc) is 2.76. The third-order valence-corrected chi connectivity index (χ3v) is 4.83. The highest BCUT2D eigenvalue weighted by Crippen LogP contribution is 2.22. The second kappa shape index (κ2) is 11.3. The van der Waals surface area contributed by atoms with Crippen molar-refractivity contribution in [1.29, 1.82) is 0 Å². The van der Waals surface area contributed by atoms with Crippen LogP contribution < -0.4 is 5.32 Å². The number of hydrogen-bond donors (Lipinski definition) is 3. The van der Waals surface area contributed by atoms with Gasteiger partial charge in [0.25, 0.3) is 0 Å². The summed E-state index contributed by atoms with van der Waals surface area (Å²) < 4.78 is 5.23.